The maximum absolute atomic E-state index is 12.2. The Kier molecular flexibility index (Phi) is 4.03. The minimum absolute atomic E-state index is 0.0476. The number of rotatable bonds is 3. The molecular formula is C14H20N2O2. The van der Waals surface area contributed by atoms with Crippen LogP contribution in [0, 0.1) is 12.3 Å². The van der Waals surface area contributed by atoms with Gasteiger partial charge in [0.2, 0.25) is 11.8 Å². The summed E-state index contributed by atoms with van der Waals surface area (Å²) in [7, 11) is 0. The van der Waals surface area contributed by atoms with Crippen molar-refractivity contribution in [2.24, 2.45) is 0 Å². The van der Waals surface area contributed by atoms with E-state index in [0.717, 1.165) is 25.7 Å². The minimum atomic E-state index is -0.425. The van der Waals surface area contributed by atoms with Crippen LogP contribution in [0.15, 0.2) is 0 Å². The first-order valence-corrected chi connectivity index (χ1v) is 6.71. The molecule has 1 saturated heterocycles. The average Bonchev–Trinajstić information content (AvgIpc) is 2.65. The van der Waals surface area contributed by atoms with Gasteiger partial charge < -0.3 is 0 Å². The molecule has 2 amide bonds. The van der Waals surface area contributed by atoms with Gasteiger partial charge in [-0.05, 0) is 19.8 Å². The number of carbonyl (C=O) groups is 2. The van der Waals surface area contributed by atoms with Gasteiger partial charge in [0.25, 0.3) is 0 Å². The smallest absolute Gasteiger partial charge is 0.247 e. The van der Waals surface area contributed by atoms with Crippen molar-refractivity contribution in [2.45, 2.75) is 63.6 Å². The van der Waals surface area contributed by atoms with Gasteiger partial charge in [0.1, 0.15) is 0 Å². The van der Waals surface area contributed by atoms with Crippen molar-refractivity contribution in [3.05, 3.63) is 0 Å². The molecule has 98 valence electrons. The molecule has 2 unspecified atom stereocenters. The van der Waals surface area contributed by atoms with Crippen molar-refractivity contribution in [2.75, 3.05) is 0 Å². The predicted molar refractivity (Wildman–Crippen MR) is 68.6 cm³/mol. The topological polar surface area (TPSA) is 49.4 Å². The molecule has 18 heavy (non-hydrogen) atoms. The van der Waals surface area contributed by atoms with Gasteiger partial charge in [0.15, 0.2) is 0 Å². The summed E-state index contributed by atoms with van der Waals surface area (Å²) in [5.74, 6) is 2.39. The molecule has 1 aliphatic carbocycles. The lowest BCUT2D eigenvalue weighted by atomic mass is 9.94. The number of hydrogen-bond donors (Lipinski definition) is 1. The first kappa shape index (κ1) is 13.1. The molecule has 0 spiro atoms. The maximum Gasteiger partial charge on any atom is 0.247 e. The third-order valence-corrected chi connectivity index (χ3v) is 3.82. The summed E-state index contributed by atoms with van der Waals surface area (Å²) >= 11 is 0. The molecule has 1 N–H and O–H groups in total. The number of carbonyl (C=O) groups excluding carboxylic acids is 2. The van der Waals surface area contributed by atoms with E-state index in [0.29, 0.717) is 0 Å². The van der Waals surface area contributed by atoms with Crippen molar-refractivity contribution >= 4 is 11.8 Å². The van der Waals surface area contributed by atoms with Gasteiger partial charge in [-0.25, -0.2) is 0 Å². The van der Waals surface area contributed by atoms with E-state index in [1.807, 2.05) is 6.92 Å². The highest BCUT2D eigenvalue weighted by molar-refractivity contribution is 6.05. The standard InChI is InChI=1S/C14H20N2O2/c1-3-10(2)15-12-9-13(17)16(14(12)18)11-7-5-4-6-8-11/h1,10-12,15H,4-9H2,2H3. The minimum Gasteiger partial charge on any atom is -0.292 e. The number of nitrogens with zero attached hydrogens (tertiary/aromatic N) is 1. The van der Waals surface area contributed by atoms with E-state index >= 15 is 0 Å². The van der Waals surface area contributed by atoms with Crippen LogP contribution in [0.25, 0.3) is 0 Å². The van der Waals surface area contributed by atoms with Gasteiger partial charge >= 0.3 is 0 Å². The van der Waals surface area contributed by atoms with Crippen molar-refractivity contribution in [3.63, 3.8) is 0 Å². The van der Waals surface area contributed by atoms with Crippen LogP contribution in [0.5, 0.6) is 0 Å². The van der Waals surface area contributed by atoms with Gasteiger partial charge in [0.05, 0.1) is 18.5 Å². The molecule has 1 heterocycles. The van der Waals surface area contributed by atoms with Gasteiger partial charge in [-0.1, -0.05) is 25.2 Å². The Morgan fingerprint density at radius 2 is 2.00 bits per heavy atom. The summed E-state index contributed by atoms with van der Waals surface area (Å²) in [6.45, 7) is 1.82. The Labute approximate surface area is 108 Å². The average molecular weight is 248 g/mol. The molecule has 1 aliphatic heterocycles. The summed E-state index contributed by atoms with van der Waals surface area (Å²) in [6, 6.07) is -0.491. The molecule has 1 saturated carbocycles. The molecule has 0 aromatic rings. The SMILES string of the molecule is C#CC(C)NC1CC(=O)N(C2CCCCC2)C1=O. The first-order valence-electron chi connectivity index (χ1n) is 6.71. The van der Waals surface area contributed by atoms with Crippen LogP contribution in [-0.2, 0) is 9.59 Å². The summed E-state index contributed by atoms with van der Waals surface area (Å²) < 4.78 is 0. The molecule has 0 aromatic carbocycles. The van der Waals surface area contributed by atoms with E-state index in [-0.39, 0.29) is 30.3 Å². The van der Waals surface area contributed by atoms with Crippen molar-refractivity contribution in [1.82, 2.24) is 10.2 Å². The molecule has 0 bridgehead atoms. The van der Waals surface area contributed by atoms with Gasteiger partial charge in [-0.2, -0.15) is 0 Å². The fraction of sp³-hybridized carbons (Fsp3) is 0.714. The Morgan fingerprint density at radius 3 is 2.61 bits per heavy atom. The van der Waals surface area contributed by atoms with Gasteiger partial charge in [-0.15, -0.1) is 6.42 Å². The van der Waals surface area contributed by atoms with Crippen LogP contribution >= 0.6 is 0 Å². The highest BCUT2D eigenvalue weighted by atomic mass is 16.2. The van der Waals surface area contributed by atoms with E-state index in [2.05, 4.69) is 11.2 Å². The van der Waals surface area contributed by atoms with Gasteiger partial charge in [0, 0.05) is 6.04 Å². The highest BCUT2D eigenvalue weighted by Crippen LogP contribution is 2.27. The zero-order chi connectivity index (χ0) is 13.1. The lowest BCUT2D eigenvalue weighted by molar-refractivity contribution is -0.142. The molecule has 4 nitrogen and oxygen atoms in total. The molecular weight excluding hydrogens is 228 g/mol. The summed E-state index contributed by atoms with van der Waals surface area (Å²) in [5.41, 5.74) is 0. The third-order valence-electron chi connectivity index (χ3n) is 3.82. The lowest BCUT2D eigenvalue weighted by Gasteiger charge is -2.29. The van der Waals surface area contributed by atoms with Crippen LogP contribution in [-0.4, -0.2) is 34.8 Å². The molecule has 2 fully saturated rings. The number of imide groups is 1. The number of likely N-dealkylation sites (tertiary alicyclic amines) is 1. The van der Waals surface area contributed by atoms with Crippen LogP contribution < -0.4 is 5.32 Å². The quantitative estimate of drug-likeness (QED) is 0.600. The number of terminal acetylenes is 1. The molecule has 0 aromatic heterocycles. The second-order valence-corrected chi connectivity index (χ2v) is 5.21. The summed E-state index contributed by atoms with van der Waals surface area (Å²) in [6.07, 6.45) is 10.9. The largest absolute Gasteiger partial charge is 0.292 e. The monoisotopic (exact) mass is 248 g/mol. The number of nitrogens with one attached hydrogen (secondary N) is 1. The Hall–Kier alpha value is -1.34. The fourth-order valence-corrected chi connectivity index (χ4v) is 2.85. The first-order chi connectivity index (χ1) is 8.63. The Bertz CT molecular complexity index is 380. The zero-order valence-electron chi connectivity index (χ0n) is 10.8. The number of hydrogen-bond acceptors (Lipinski definition) is 3. The van der Waals surface area contributed by atoms with Crippen molar-refractivity contribution in [1.29, 1.82) is 0 Å². The number of amides is 2. The molecule has 2 atom stereocenters. The maximum atomic E-state index is 12.2. The summed E-state index contributed by atoms with van der Waals surface area (Å²) in [4.78, 5) is 25.7. The molecule has 4 heteroatoms. The zero-order valence-corrected chi connectivity index (χ0v) is 10.8. The van der Waals surface area contributed by atoms with Crippen LogP contribution in [0.1, 0.15) is 45.4 Å². The van der Waals surface area contributed by atoms with Crippen LogP contribution in [0.4, 0.5) is 0 Å². The highest BCUT2D eigenvalue weighted by Gasteiger charge is 2.42. The van der Waals surface area contributed by atoms with Crippen molar-refractivity contribution < 1.29 is 9.59 Å². The van der Waals surface area contributed by atoms with E-state index < -0.39 is 6.04 Å². The van der Waals surface area contributed by atoms with Crippen molar-refractivity contribution in [3.8, 4) is 12.3 Å². The Morgan fingerprint density at radius 1 is 1.33 bits per heavy atom. The van der Waals surface area contributed by atoms with E-state index in [1.165, 1.54) is 11.3 Å². The summed E-state index contributed by atoms with van der Waals surface area (Å²) in [5, 5.41) is 3.03. The molecule has 0 radical (unpaired) electrons. The van der Waals surface area contributed by atoms with E-state index in [4.69, 9.17) is 6.42 Å². The second-order valence-electron chi connectivity index (χ2n) is 5.21. The van der Waals surface area contributed by atoms with E-state index in [9.17, 15) is 9.59 Å². The fourth-order valence-electron chi connectivity index (χ4n) is 2.85. The van der Waals surface area contributed by atoms with E-state index in [1.54, 1.807) is 0 Å². The molecule has 2 aliphatic rings. The molecule has 2 rings (SSSR count). The van der Waals surface area contributed by atoms with Crippen LogP contribution in [0.3, 0.4) is 0 Å². The van der Waals surface area contributed by atoms with Gasteiger partial charge in [-0.3, -0.25) is 19.8 Å². The second kappa shape index (κ2) is 5.53. The Balaban J connectivity index is 2.02. The van der Waals surface area contributed by atoms with Crippen LogP contribution in [0.2, 0.25) is 0 Å². The lowest BCUT2D eigenvalue weighted by Crippen LogP contribution is -2.46. The third kappa shape index (κ3) is 2.56. The normalized spacial score (nSPS) is 27.3. The predicted octanol–water partition coefficient (Wildman–Crippen LogP) is 1.06.